The molecule has 2 aliphatic rings. The lowest BCUT2D eigenvalue weighted by molar-refractivity contribution is -0.115. The first-order valence-corrected chi connectivity index (χ1v) is 10.6. The van der Waals surface area contributed by atoms with Crippen molar-refractivity contribution >= 4 is 14.1 Å². The van der Waals surface area contributed by atoms with Gasteiger partial charge in [0.2, 0.25) is 0 Å². The molecule has 0 aliphatic heterocycles. The molecule has 0 unspecified atom stereocenters. The summed E-state index contributed by atoms with van der Waals surface area (Å²) in [5, 5.41) is 0.215. The van der Waals surface area contributed by atoms with Crippen LogP contribution in [-0.4, -0.2) is 20.2 Å². The van der Waals surface area contributed by atoms with Crippen LogP contribution < -0.4 is 0 Å². The average Bonchev–Trinajstić information content (AvgIpc) is 2.82. The van der Waals surface area contributed by atoms with Gasteiger partial charge < -0.3 is 4.43 Å². The Labute approximate surface area is 124 Å². The van der Waals surface area contributed by atoms with Crippen LogP contribution in [0.2, 0.25) is 18.1 Å². The molecule has 0 aromatic heterocycles. The number of ketones is 1. The average molecular weight is 292 g/mol. The van der Waals surface area contributed by atoms with Gasteiger partial charge in [0.05, 0.1) is 6.10 Å². The number of Topliss-reactive ketones (excluding diaryl/α,β-unsaturated/α-hetero) is 1. The maximum atomic E-state index is 12.1. The van der Waals surface area contributed by atoms with Gasteiger partial charge in [-0.2, -0.15) is 0 Å². The van der Waals surface area contributed by atoms with Crippen LogP contribution in [0.5, 0.6) is 0 Å². The van der Waals surface area contributed by atoms with Crippen molar-refractivity contribution in [3.05, 3.63) is 23.8 Å². The number of carbonyl (C=O) groups excluding carboxylic acids is 1. The predicted octanol–water partition coefficient (Wildman–Crippen LogP) is 4.63. The van der Waals surface area contributed by atoms with E-state index in [1.165, 1.54) is 5.57 Å². The van der Waals surface area contributed by atoms with Gasteiger partial charge in [-0.05, 0) is 54.5 Å². The van der Waals surface area contributed by atoms with Crippen molar-refractivity contribution in [1.29, 1.82) is 0 Å². The Morgan fingerprint density at radius 3 is 2.60 bits per heavy atom. The van der Waals surface area contributed by atoms with Crippen LogP contribution in [-0.2, 0) is 9.22 Å². The highest BCUT2D eigenvalue weighted by Crippen LogP contribution is 2.46. The summed E-state index contributed by atoms with van der Waals surface area (Å²) in [6, 6.07) is 0. The molecule has 0 bridgehead atoms. The lowest BCUT2D eigenvalue weighted by atomic mass is 9.94. The minimum atomic E-state index is -1.78. The maximum absolute atomic E-state index is 12.1. The van der Waals surface area contributed by atoms with Crippen LogP contribution in [0.3, 0.4) is 0 Å². The van der Waals surface area contributed by atoms with E-state index in [0.29, 0.717) is 18.1 Å². The Morgan fingerprint density at radius 2 is 2.05 bits per heavy atom. The molecule has 0 saturated heterocycles. The molecule has 20 heavy (non-hydrogen) atoms. The number of hydrogen-bond donors (Lipinski definition) is 0. The molecule has 0 heterocycles. The van der Waals surface area contributed by atoms with E-state index in [1.807, 2.05) is 6.08 Å². The minimum absolute atomic E-state index is 0.183. The van der Waals surface area contributed by atoms with Crippen LogP contribution >= 0.6 is 0 Å². The van der Waals surface area contributed by atoms with Gasteiger partial charge in [-0.25, -0.2) is 0 Å². The molecule has 0 saturated carbocycles. The molecule has 0 aromatic rings. The van der Waals surface area contributed by atoms with Crippen LogP contribution in [0.25, 0.3) is 0 Å². The molecular formula is C17H28O2Si. The first kappa shape index (κ1) is 15.7. The topological polar surface area (TPSA) is 26.3 Å². The third-order valence-electron chi connectivity index (χ3n) is 5.25. The van der Waals surface area contributed by atoms with Gasteiger partial charge >= 0.3 is 0 Å². The molecule has 0 amide bonds. The molecule has 0 N–H and O–H groups in total. The summed E-state index contributed by atoms with van der Waals surface area (Å²) >= 11 is 0. The van der Waals surface area contributed by atoms with Gasteiger partial charge in [0.1, 0.15) is 0 Å². The van der Waals surface area contributed by atoms with E-state index in [2.05, 4.69) is 40.4 Å². The molecular weight excluding hydrogens is 264 g/mol. The highest BCUT2D eigenvalue weighted by atomic mass is 28.4. The summed E-state index contributed by atoms with van der Waals surface area (Å²) in [6.07, 6.45) is 5.62. The minimum Gasteiger partial charge on any atom is -0.410 e. The smallest absolute Gasteiger partial charge is 0.192 e. The van der Waals surface area contributed by atoms with Crippen molar-refractivity contribution in [1.82, 2.24) is 0 Å². The van der Waals surface area contributed by atoms with Gasteiger partial charge in [0.15, 0.2) is 14.1 Å². The number of allylic oxidation sites excluding steroid dienone is 2. The van der Waals surface area contributed by atoms with E-state index in [0.717, 1.165) is 24.8 Å². The third-order valence-corrected chi connectivity index (χ3v) is 9.74. The van der Waals surface area contributed by atoms with Crippen molar-refractivity contribution in [2.24, 2.45) is 5.92 Å². The molecule has 2 rings (SSSR count). The first-order chi connectivity index (χ1) is 9.17. The van der Waals surface area contributed by atoms with Gasteiger partial charge in [0, 0.05) is 6.42 Å². The Morgan fingerprint density at radius 1 is 1.40 bits per heavy atom. The molecule has 3 heteroatoms. The molecule has 0 aromatic carbocycles. The molecule has 2 aliphatic carbocycles. The van der Waals surface area contributed by atoms with Crippen LogP contribution in [0.15, 0.2) is 23.8 Å². The summed E-state index contributed by atoms with van der Waals surface area (Å²) in [5.74, 6) is 0.709. The zero-order chi connectivity index (χ0) is 15.1. The summed E-state index contributed by atoms with van der Waals surface area (Å²) in [4.78, 5) is 12.1. The normalized spacial score (nSPS) is 27.1. The summed E-state index contributed by atoms with van der Waals surface area (Å²) in [5.41, 5.74) is 2.40. The fraction of sp³-hybridized carbons (Fsp3) is 0.706. The third kappa shape index (κ3) is 2.70. The Bertz CT molecular complexity index is 454. The second-order valence-corrected chi connectivity index (χ2v) is 12.4. The highest BCUT2D eigenvalue weighted by molar-refractivity contribution is 6.74. The van der Waals surface area contributed by atoms with E-state index in [9.17, 15) is 4.79 Å². The fourth-order valence-corrected chi connectivity index (χ4v) is 4.41. The largest absolute Gasteiger partial charge is 0.410 e. The first-order valence-electron chi connectivity index (χ1n) is 7.72. The van der Waals surface area contributed by atoms with Crippen LogP contribution in [0.1, 0.15) is 46.5 Å². The summed E-state index contributed by atoms with van der Waals surface area (Å²) < 4.78 is 6.60. The van der Waals surface area contributed by atoms with Gasteiger partial charge in [-0.3, -0.25) is 4.79 Å². The summed E-state index contributed by atoms with van der Waals surface area (Å²) in [6.45, 7) is 15.2. The lowest BCUT2D eigenvalue weighted by Crippen LogP contribution is -2.44. The van der Waals surface area contributed by atoms with Gasteiger partial charge in [0.25, 0.3) is 0 Å². The SMILES string of the molecule is C=CC[C@H]1CC(=O)C2=C1[C@@H](O[Si](C)(C)C(C)(C)C)CC2. The second kappa shape index (κ2) is 5.27. The second-order valence-electron chi connectivity index (χ2n) is 7.69. The molecule has 0 spiro atoms. The van der Waals surface area contributed by atoms with Crippen molar-refractivity contribution < 1.29 is 9.22 Å². The van der Waals surface area contributed by atoms with Crippen molar-refractivity contribution in [2.45, 2.75) is 70.7 Å². The molecule has 0 fully saturated rings. The predicted molar refractivity (Wildman–Crippen MR) is 86.3 cm³/mol. The number of carbonyl (C=O) groups is 1. The molecule has 112 valence electrons. The van der Waals surface area contributed by atoms with Crippen molar-refractivity contribution in [2.75, 3.05) is 0 Å². The van der Waals surface area contributed by atoms with E-state index in [4.69, 9.17) is 4.43 Å². The monoisotopic (exact) mass is 292 g/mol. The van der Waals surface area contributed by atoms with E-state index < -0.39 is 8.32 Å². The Kier molecular flexibility index (Phi) is 4.14. The molecule has 2 atom stereocenters. The quantitative estimate of drug-likeness (QED) is 0.557. The standard InChI is InChI=1S/C17H28O2Si/c1-7-8-12-11-14(18)13-9-10-15(16(12)13)19-20(5,6)17(2,3)4/h7,12,15H,1,8-11H2,2-6H3/t12-,15-/m0/s1. The van der Waals surface area contributed by atoms with E-state index in [-0.39, 0.29) is 11.1 Å². The van der Waals surface area contributed by atoms with E-state index in [1.54, 1.807) is 0 Å². The molecule has 2 nitrogen and oxygen atoms in total. The maximum Gasteiger partial charge on any atom is 0.192 e. The fourth-order valence-electron chi connectivity index (χ4n) is 3.10. The van der Waals surface area contributed by atoms with Crippen LogP contribution in [0.4, 0.5) is 0 Å². The van der Waals surface area contributed by atoms with Crippen LogP contribution in [0, 0.1) is 5.92 Å². The number of hydrogen-bond acceptors (Lipinski definition) is 2. The van der Waals surface area contributed by atoms with Crippen molar-refractivity contribution in [3.8, 4) is 0 Å². The van der Waals surface area contributed by atoms with Gasteiger partial charge in [-0.1, -0.05) is 26.8 Å². The number of rotatable bonds is 4. The summed E-state index contributed by atoms with van der Waals surface area (Å²) in [7, 11) is -1.78. The zero-order valence-electron chi connectivity index (χ0n) is 13.6. The highest BCUT2D eigenvalue weighted by Gasteiger charge is 2.45. The van der Waals surface area contributed by atoms with E-state index >= 15 is 0 Å². The Hall–Kier alpha value is -0.673. The molecule has 0 radical (unpaired) electrons. The van der Waals surface area contributed by atoms with Crippen molar-refractivity contribution in [3.63, 3.8) is 0 Å². The lowest BCUT2D eigenvalue weighted by Gasteiger charge is -2.39. The zero-order valence-corrected chi connectivity index (χ0v) is 14.6. The van der Waals surface area contributed by atoms with Gasteiger partial charge in [-0.15, -0.1) is 6.58 Å². The Balaban J connectivity index is 2.21.